The summed E-state index contributed by atoms with van der Waals surface area (Å²) in [7, 11) is 0. The maximum Gasteiger partial charge on any atom is 0.229 e. The molecule has 28 heavy (non-hydrogen) atoms. The van der Waals surface area contributed by atoms with Gasteiger partial charge in [0, 0.05) is 40.2 Å². The van der Waals surface area contributed by atoms with E-state index in [1.807, 2.05) is 74.7 Å². The van der Waals surface area contributed by atoms with E-state index in [9.17, 15) is 9.59 Å². The van der Waals surface area contributed by atoms with E-state index in [1.54, 1.807) is 11.3 Å². The van der Waals surface area contributed by atoms with Crippen LogP contribution < -0.4 is 10.6 Å². The van der Waals surface area contributed by atoms with Gasteiger partial charge < -0.3 is 10.6 Å². The molecule has 0 saturated carbocycles. The summed E-state index contributed by atoms with van der Waals surface area (Å²) in [5.41, 5.74) is 3.98. The number of nitrogens with one attached hydrogen (secondary N) is 2. The van der Waals surface area contributed by atoms with Crippen molar-refractivity contribution in [2.45, 2.75) is 27.7 Å². The zero-order chi connectivity index (χ0) is 20.3. The molecule has 1 heterocycles. The summed E-state index contributed by atoms with van der Waals surface area (Å²) in [6.45, 7) is 7.14. The number of hydrogen-bond donors (Lipinski definition) is 2. The van der Waals surface area contributed by atoms with Gasteiger partial charge in [0.2, 0.25) is 11.8 Å². The van der Waals surface area contributed by atoms with Crippen LogP contribution in [0, 0.1) is 5.41 Å². The van der Waals surface area contributed by atoms with Crippen LogP contribution in [0.5, 0.6) is 0 Å². The monoisotopic (exact) mass is 393 g/mol. The number of hydrogen-bond acceptors (Lipinski definition) is 4. The van der Waals surface area contributed by atoms with E-state index in [1.165, 1.54) is 6.92 Å². The lowest BCUT2D eigenvalue weighted by atomic mass is 9.95. The van der Waals surface area contributed by atoms with Crippen molar-refractivity contribution in [1.29, 1.82) is 0 Å². The maximum absolute atomic E-state index is 12.1. The molecule has 0 fully saturated rings. The van der Waals surface area contributed by atoms with Crippen LogP contribution in [-0.2, 0) is 9.59 Å². The second kappa shape index (κ2) is 7.94. The number of amides is 2. The second-order valence-electron chi connectivity index (χ2n) is 7.58. The smallest absolute Gasteiger partial charge is 0.229 e. The minimum absolute atomic E-state index is 0.0149. The lowest BCUT2D eigenvalue weighted by molar-refractivity contribution is -0.123. The van der Waals surface area contributed by atoms with E-state index in [-0.39, 0.29) is 11.8 Å². The number of benzene rings is 2. The largest absolute Gasteiger partial charge is 0.326 e. The lowest BCUT2D eigenvalue weighted by Crippen LogP contribution is -2.27. The van der Waals surface area contributed by atoms with Crippen molar-refractivity contribution in [3.63, 3.8) is 0 Å². The first-order chi connectivity index (χ1) is 13.2. The summed E-state index contributed by atoms with van der Waals surface area (Å²) in [6, 6.07) is 15.3. The molecule has 2 aromatic carbocycles. The van der Waals surface area contributed by atoms with Gasteiger partial charge in [0.25, 0.3) is 0 Å². The summed E-state index contributed by atoms with van der Waals surface area (Å²) >= 11 is 1.57. The van der Waals surface area contributed by atoms with Crippen LogP contribution in [0.15, 0.2) is 53.9 Å². The van der Waals surface area contributed by atoms with Crippen LogP contribution in [-0.4, -0.2) is 16.8 Å². The van der Waals surface area contributed by atoms with Crippen LogP contribution in [0.25, 0.3) is 21.8 Å². The first-order valence-corrected chi connectivity index (χ1v) is 9.86. The third-order valence-corrected chi connectivity index (χ3v) is 4.97. The Balaban J connectivity index is 1.73. The fourth-order valence-electron chi connectivity index (χ4n) is 2.48. The minimum atomic E-state index is -0.433. The molecule has 0 aliphatic carbocycles. The highest BCUT2D eigenvalue weighted by molar-refractivity contribution is 7.13. The number of rotatable bonds is 4. The molecule has 6 heteroatoms. The Morgan fingerprint density at radius 1 is 0.857 bits per heavy atom. The molecule has 0 bridgehead atoms. The summed E-state index contributed by atoms with van der Waals surface area (Å²) in [5, 5.41) is 8.61. The van der Waals surface area contributed by atoms with Crippen molar-refractivity contribution in [2.24, 2.45) is 5.41 Å². The molecule has 0 spiro atoms. The van der Waals surface area contributed by atoms with Gasteiger partial charge >= 0.3 is 0 Å². The molecule has 1 aromatic heterocycles. The minimum Gasteiger partial charge on any atom is -0.326 e. The molecular formula is C22H23N3O2S. The molecule has 0 atom stereocenters. The van der Waals surface area contributed by atoms with Gasteiger partial charge in [-0.25, -0.2) is 4.98 Å². The van der Waals surface area contributed by atoms with Crippen molar-refractivity contribution in [3.05, 3.63) is 53.9 Å². The van der Waals surface area contributed by atoms with Crippen LogP contribution in [0.2, 0.25) is 0 Å². The molecule has 3 aromatic rings. The molecule has 0 unspecified atom stereocenters. The Kier molecular flexibility index (Phi) is 5.61. The van der Waals surface area contributed by atoms with Crippen molar-refractivity contribution >= 4 is 34.5 Å². The highest BCUT2D eigenvalue weighted by Gasteiger charge is 2.21. The summed E-state index contributed by atoms with van der Waals surface area (Å²) in [6.07, 6.45) is 0. The summed E-state index contributed by atoms with van der Waals surface area (Å²) in [5.74, 6) is -0.106. The number of anilines is 2. The van der Waals surface area contributed by atoms with Crippen LogP contribution >= 0.6 is 11.3 Å². The van der Waals surface area contributed by atoms with Crippen molar-refractivity contribution in [1.82, 2.24) is 4.98 Å². The molecule has 3 rings (SSSR count). The predicted octanol–water partition coefficient (Wildman–Crippen LogP) is 5.42. The maximum atomic E-state index is 12.1. The third kappa shape index (κ3) is 4.84. The van der Waals surface area contributed by atoms with Gasteiger partial charge in [-0.1, -0.05) is 32.9 Å². The Hall–Kier alpha value is -2.99. The van der Waals surface area contributed by atoms with Crippen molar-refractivity contribution < 1.29 is 9.59 Å². The van der Waals surface area contributed by atoms with E-state index >= 15 is 0 Å². The van der Waals surface area contributed by atoms with Crippen LogP contribution in [0.3, 0.4) is 0 Å². The second-order valence-corrected chi connectivity index (χ2v) is 8.44. The zero-order valence-corrected chi connectivity index (χ0v) is 17.2. The van der Waals surface area contributed by atoms with Crippen LogP contribution in [0.4, 0.5) is 11.4 Å². The Morgan fingerprint density at radius 3 is 1.93 bits per heavy atom. The standard InChI is InChI=1S/C22H23N3O2S/c1-14(26)23-17-11-7-16(8-12-17)20-25-19(13-28-20)15-5-9-18(10-6-15)24-21(27)22(2,3)4/h5-13H,1-4H3,(H,23,26)(H,24,27). The highest BCUT2D eigenvalue weighted by atomic mass is 32.1. The molecule has 0 aliphatic heterocycles. The van der Waals surface area contributed by atoms with Gasteiger partial charge in [0.15, 0.2) is 0 Å². The molecule has 2 amide bonds. The quantitative estimate of drug-likeness (QED) is 0.622. The lowest BCUT2D eigenvalue weighted by Gasteiger charge is -2.17. The van der Waals surface area contributed by atoms with E-state index in [0.29, 0.717) is 0 Å². The Labute approximate surface area is 168 Å². The fourth-order valence-corrected chi connectivity index (χ4v) is 3.32. The third-order valence-electron chi connectivity index (χ3n) is 4.08. The first-order valence-electron chi connectivity index (χ1n) is 8.98. The molecule has 0 aliphatic rings. The average Bonchev–Trinajstić information content (AvgIpc) is 3.12. The SMILES string of the molecule is CC(=O)Nc1ccc(-c2nc(-c3ccc(NC(=O)C(C)(C)C)cc3)cs2)cc1. The predicted molar refractivity (Wildman–Crippen MR) is 115 cm³/mol. The number of carbonyl (C=O) groups excluding carboxylic acids is 2. The zero-order valence-electron chi connectivity index (χ0n) is 16.4. The van der Waals surface area contributed by atoms with E-state index in [2.05, 4.69) is 10.6 Å². The van der Waals surface area contributed by atoms with Gasteiger partial charge in [0.05, 0.1) is 5.69 Å². The van der Waals surface area contributed by atoms with Gasteiger partial charge in [-0.3, -0.25) is 9.59 Å². The average molecular weight is 394 g/mol. The van der Waals surface area contributed by atoms with Crippen molar-refractivity contribution in [2.75, 3.05) is 10.6 Å². The summed E-state index contributed by atoms with van der Waals surface area (Å²) in [4.78, 5) is 27.9. The normalized spacial score (nSPS) is 11.1. The molecule has 0 saturated heterocycles. The van der Waals surface area contributed by atoms with E-state index in [0.717, 1.165) is 33.2 Å². The number of thiazole rings is 1. The van der Waals surface area contributed by atoms with Crippen molar-refractivity contribution in [3.8, 4) is 21.8 Å². The number of carbonyl (C=O) groups is 2. The molecule has 5 nitrogen and oxygen atoms in total. The molecule has 2 N–H and O–H groups in total. The molecule has 0 radical (unpaired) electrons. The molecular weight excluding hydrogens is 370 g/mol. The van der Waals surface area contributed by atoms with Gasteiger partial charge in [-0.15, -0.1) is 11.3 Å². The highest BCUT2D eigenvalue weighted by Crippen LogP contribution is 2.30. The topological polar surface area (TPSA) is 71.1 Å². The van der Waals surface area contributed by atoms with Gasteiger partial charge in [0.1, 0.15) is 5.01 Å². The molecule has 144 valence electrons. The Morgan fingerprint density at radius 2 is 1.39 bits per heavy atom. The number of aromatic nitrogens is 1. The van der Waals surface area contributed by atoms with Gasteiger partial charge in [-0.2, -0.15) is 0 Å². The van der Waals surface area contributed by atoms with Crippen LogP contribution in [0.1, 0.15) is 27.7 Å². The van der Waals surface area contributed by atoms with Gasteiger partial charge in [-0.05, 0) is 36.4 Å². The number of nitrogens with zero attached hydrogens (tertiary/aromatic N) is 1. The summed E-state index contributed by atoms with van der Waals surface area (Å²) < 4.78 is 0. The van der Waals surface area contributed by atoms with E-state index < -0.39 is 5.41 Å². The Bertz CT molecular complexity index is 984. The fraction of sp³-hybridized carbons (Fsp3) is 0.227. The van der Waals surface area contributed by atoms with E-state index in [4.69, 9.17) is 4.98 Å². The first kappa shape index (κ1) is 19.8.